The van der Waals surface area contributed by atoms with Crippen LogP contribution in [-0.2, 0) is 11.4 Å². The minimum absolute atomic E-state index is 0.143. The molecule has 0 aliphatic carbocycles. The van der Waals surface area contributed by atoms with E-state index in [9.17, 15) is 4.79 Å². The molecule has 4 rings (SSSR count). The Hall–Kier alpha value is -3.02. The second-order valence-electron chi connectivity index (χ2n) is 7.23. The van der Waals surface area contributed by atoms with Crippen LogP contribution in [-0.4, -0.2) is 11.1 Å². The number of nitrogens with one attached hydrogen (secondary N) is 1. The summed E-state index contributed by atoms with van der Waals surface area (Å²) in [5.41, 5.74) is 5.18. The Morgan fingerprint density at radius 2 is 1.74 bits per heavy atom. The van der Waals surface area contributed by atoms with E-state index >= 15 is 0 Å². The number of hydrogen-bond acceptors (Lipinski definition) is 4. The molecule has 0 atom stereocenters. The summed E-state index contributed by atoms with van der Waals surface area (Å²) >= 11 is 7.24. The molecule has 0 aromatic heterocycles. The number of hydrogen-bond donors (Lipinski definition) is 1. The zero-order valence-corrected chi connectivity index (χ0v) is 18.8. The molecule has 1 saturated heterocycles. The zero-order chi connectivity index (χ0) is 21.8. The number of halogens is 1. The smallest absolute Gasteiger partial charge is 0.264 e. The standard InChI is InChI=1S/C25H21ClN2O2S/c1-16-3-10-21(13-17(16)2)27-25-28-24(29)23(31-25)14-18-6-11-22(12-7-18)30-15-19-4-8-20(26)9-5-19/h3-14H,15H2,1-2H3,(H,27,28,29)/b23-14-. The number of carbonyl (C=O) groups is 1. The quantitative estimate of drug-likeness (QED) is 0.457. The minimum Gasteiger partial charge on any atom is -0.489 e. The summed E-state index contributed by atoms with van der Waals surface area (Å²) in [6.07, 6.45) is 1.85. The SMILES string of the molecule is Cc1ccc(N=C2NC(=O)/C(=C/c3ccc(OCc4ccc(Cl)cc4)cc3)S2)cc1C. The van der Waals surface area contributed by atoms with Gasteiger partial charge < -0.3 is 10.1 Å². The predicted molar refractivity (Wildman–Crippen MR) is 129 cm³/mol. The maximum absolute atomic E-state index is 12.3. The van der Waals surface area contributed by atoms with Gasteiger partial charge in [0.2, 0.25) is 0 Å². The lowest BCUT2D eigenvalue weighted by molar-refractivity contribution is -0.115. The summed E-state index contributed by atoms with van der Waals surface area (Å²) in [5.74, 6) is 0.619. The van der Waals surface area contributed by atoms with Crippen molar-refractivity contribution in [3.63, 3.8) is 0 Å². The molecule has 0 radical (unpaired) electrons. The van der Waals surface area contributed by atoms with E-state index in [4.69, 9.17) is 16.3 Å². The summed E-state index contributed by atoms with van der Waals surface area (Å²) in [4.78, 5) is 17.5. The largest absolute Gasteiger partial charge is 0.489 e. The van der Waals surface area contributed by atoms with Crippen LogP contribution < -0.4 is 10.1 Å². The average molecular weight is 449 g/mol. The van der Waals surface area contributed by atoms with Crippen molar-refractivity contribution in [1.29, 1.82) is 0 Å². The molecule has 4 nitrogen and oxygen atoms in total. The molecule has 1 fully saturated rings. The molecule has 6 heteroatoms. The third kappa shape index (κ3) is 5.57. The van der Waals surface area contributed by atoms with Crippen molar-refractivity contribution < 1.29 is 9.53 Å². The number of benzene rings is 3. The van der Waals surface area contributed by atoms with Crippen LogP contribution in [0.25, 0.3) is 6.08 Å². The van der Waals surface area contributed by atoms with Crippen molar-refractivity contribution in [2.45, 2.75) is 20.5 Å². The van der Waals surface area contributed by atoms with Crippen molar-refractivity contribution in [2.75, 3.05) is 0 Å². The fraction of sp³-hybridized carbons (Fsp3) is 0.120. The molecule has 0 unspecified atom stereocenters. The molecule has 0 bridgehead atoms. The minimum atomic E-state index is -0.143. The molecule has 1 heterocycles. The molecule has 1 aliphatic rings. The highest BCUT2D eigenvalue weighted by atomic mass is 35.5. The molecule has 3 aromatic rings. The molecule has 0 saturated carbocycles. The lowest BCUT2D eigenvalue weighted by atomic mass is 10.1. The van der Waals surface area contributed by atoms with Gasteiger partial charge in [0.25, 0.3) is 5.91 Å². The number of ether oxygens (including phenoxy) is 1. The van der Waals surface area contributed by atoms with E-state index in [1.807, 2.05) is 79.7 Å². The Labute approximate surface area is 191 Å². The number of thioether (sulfide) groups is 1. The van der Waals surface area contributed by atoms with Crippen LogP contribution in [0.2, 0.25) is 5.02 Å². The van der Waals surface area contributed by atoms with Gasteiger partial charge in [0.15, 0.2) is 5.17 Å². The zero-order valence-electron chi connectivity index (χ0n) is 17.2. The van der Waals surface area contributed by atoms with Crippen molar-refractivity contribution in [3.05, 3.63) is 98.9 Å². The van der Waals surface area contributed by atoms with E-state index in [0.717, 1.165) is 22.6 Å². The van der Waals surface area contributed by atoms with Gasteiger partial charge in [-0.05, 0) is 90.3 Å². The van der Waals surface area contributed by atoms with Crippen molar-refractivity contribution in [3.8, 4) is 5.75 Å². The van der Waals surface area contributed by atoms with E-state index in [1.165, 1.54) is 22.9 Å². The van der Waals surface area contributed by atoms with E-state index in [0.29, 0.717) is 21.7 Å². The highest BCUT2D eigenvalue weighted by Crippen LogP contribution is 2.29. The van der Waals surface area contributed by atoms with Gasteiger partial charge in [-0.2, -0.15) is 0 Å². The fourth-order valence-electron chi connectivity index (χ4n) is 2.95. The van der Waals surface area contributed by atoms with Crippen LogP contribution in [0.1, 0.15) is 22.3 Å². The molecule has 0 spiro atoms. The van der Waals surface area contributed by atoms with Crippen LogP contribution in [0, 0.1) is 13.8 Å². The molecule has 1 amide bonds. The summed E-state index contributed by atoms with van der Waals surface area (Å²) in [6.45, 7) is 4.58. The van der Waals surface area contributed by atoms with Crippen molar-refractivity contribution in [2.24, 2.45) is 4.99 Å². The number of amidine groups is 1. The lowest BCUT2D eigenvalue weighted by Gasteiger charge is -2.06. The Morgan fingerprint density at radius 1 is 1.00 bits per heavy atom. The monoisotopic (exact) mass is 448 g/mol. The Bertz CT molecular complexity index is 1170. The molecular weight excluding hydrogens is 428 g/mol. The van der Waals surface area contributed by atoms with Gasteiger partial charge in [-0.1, -0.05) is 41.9 Å². The second kappa shape index (κ2) is 9.41. The van der Waals surface area contributed by atoms with Gasteiger partial charge >= 0.3 is 0 Å². The van der Waals surface area contributed by atoms with Gasteiger partial charge in [0, 0.05) is 5.02 Å². The first-order valence-corrected chi connectivity index (χ1v) is 11.0. The first kappa shape index (κ1) is 21.2. The van der Waals surface area contributed by atoms with E-state index in [1.54, 1.807) is 0 Å². The van der Waals surface area contributed by atoms with E-state index in [-0.39, 0.29) is 5.91 Å². The topological polar surface area (TPSA) is 50.7 Å². The first-order chi connectivity index (χ1) is 15.0. The number of aliphatic imine (C=N–C) groups is 1. The lowest BCUT2D eigenvalue weighted by Crippen LogP contribution is -2.19. The maximum atomic E-state index is 12.3. The molecule has 1 aliphatic heterocycles. The number of carbonyl (C=O) groups excluding carboxylic acids is 1. The third-order valence-corrected chi connectivity index (χ3v) is 6.03. The Kier molecular flexibility index (Phi) is 6.44. The predicted octanol–water partition coefficient (Wildman–Crippen LogP) is 6.43. The van der Waals surface area contributed by atoms with Gasteiger partial charge in [-0.15, -0.1) is 0 Å². The van der Waals surface area contributed by atoms with Crippen LogP contribution in [0.15, 0.2) is 76.6 Å². The highest BCUT2D eigenvalue weighted by molar-refractivity contribution is 8.18. The Morgan fingerprint density at radius 3 is 2.45 bits per heavy atom. The normalized spacial score (nSPS) is 16.0. The summed E-state index contributed by atoms with van der Waals surface area (Å²) < 4.78 is 5.81. The maximum Gasteiger partial charge on any atom is 0.264 e. The van der Waals surface area contributed by atoms with Crippen LogP contribution in [0.3, 0.4) is 0 Å². The third-order valence-electron chi connectivity index (χ3n) is 4.87. The number of amides is 1. The molecule has 1 N–H and O–H groups in total. The number of nitrogens with zero attached hydrogens (tertiary/aromatic N) is 1. The molecule has 31 heavy (non-hydrogen) atoms. The summed E-state index contributed by atoms with van der Waals surface area (Å²) in [5, 5.41) is 4.12. The van der Waals surface area contributed by atoms with Crippen molar-refractivity contribution in [1.82, 2.24) is 5.32 Å². The number of rotatable bonds is 5. The molecular formula is C25H21ClN2O2S. The second-order valence-corrected chi connectivity index (χ2v) is 8.70. The first-order valence-electron chi connectivity index (χ1n) is 9.80. The van der Waals surface area contributed by atoms with Crippen LogP contribution >= 0.6 is 23.4 Å². The van der Waals surface area contributed by atoms with Gasteiger partial charge in [0.05, 0.1) is 10.6 Å². The van der Waals surface area contributed by atoms with Gasteiger partial charge in [0.1, 0.15) is 12.4 Å². The summed E-state index contributed by atoms with van der Waals surface area (Å²) in [7, 11) is 0. The highest BCUT2D eigenvalue weighted by Gasteiger charge is 2.23. The van der Waals surface area contributed by atoms with Crippen LogP contribution in [0.4, 0.5) is 5.69 Å². The Balaban J connectivity index is 1.41. The van der Waals surface area contributed by atoms with Gasteiger partial charge in [-0.25, -0.2) is 4.99 Å². The van der Waals surface area contributed by atoms with E-state index in [2.05, 4.69) is 17.2 Å². The van der Waals surface area contributed by atoms with Crippen molar-refractivity contribution >= 4 is 46.2 Å². The number of aryl methyl sites for hydroxylation is 2. The summed E-state index contributed by atoms with van der Waals surface area (Å²) in [6, 6.07) is 21.2. The average Bonchev–Trinajstić information content (AvgIpc) is 3.10. The molecule has 3 aromatic carbocycles. The fourth-order valence-corrected chi connectivity index (χ4v) is 3.92. The molecule has 156 valence electrons. The van der Waals surface area contributed by atoms with Gasteiger partial charge in [-0.3, -0.25) is 4.79 Å². The van der Waals surface area contributed by atoms with E-state index < -0.39 is 0 Å². The van der Waals surface area contributed by atoms with Crippen LogP contribution in [0.5, 0.6) is 5.75 Å².